The third-order valence-electron chi connectivity index (χ3n) is 4.39. The van der Waals surface area contributed by atoms with E-state index in [0.717, 1.165) is 5.57 Å². The van der Waals surface area contributed by atoms with Gasteiger partial charge < -0.3 is 14.2 Å². The Kier molecular flexibility index (Phi) is 5.80. The second-order valence-corrected chi connectivity index (χ2v) is 6.29. The first kappa shape index (κ1) is 18.6. The Bertz CT molecular complexity index is 630. The molecule has 0 spiro atoms. The van der Waals surface area contributed by atoms with E-state index in [-0.39, 0.29) is 18.4 Å². The lowest BCUT2D eigenvalue weighted by molar-refractivity contribution is -0.294. The zero-order valence-corrected chi connectivity index (χ0v) is 14.7. The average molecular weight is 353 g/mol. The predicted molar refractivity (Wildman–Crippen MR) is 89.7 cm³/mol. The minimum absolute atomic E-state index is 0.0872. The van der Waals surface area contributed by atoms with Crippen molar-refractivity contribution in [1.82, 2.24) is 0 Å². The molecule has 6 heteroatoms. The molecule has 1 aromatic carbocycles. The van der Waals surface area contributed by atoms with Crippen LogP contribution in [-0.2, 0) is 19.0 Å². The maximum Gasteiger partial charge on any atom is 0.339 e. The van der Waals surface area contributed by atoms with E-state index < -0.39 is 23.1 Å². The summed E-state index contributed by atoms with van der Waals surface area (Å²) in [6.07, 6.45) is -1.45. The van der Waals surface area contributed by atoms with E-state index in [1.165, 1.54) is 7.11 Å². The van der Waals surface area contributed by atoms with Gasteiger partial charge in [-0.3, -0.25) is 4.79 Å². The highest BCUT2D eigenvalue weighted by atomic mass is 35.5. The number of esters is 1. The number of rotatable bonds is 5. The lowest BCUT2D eigenvalue weighted by Crippen LogP contribution is -2.57. The molecule has 0 aliphatic carbocycles. The fourth-order valence-corrected chi connectivity index (χ4v) is 2.92. The van der Waals surface area contributed by atoms with Crippen LogP contribution in [0, 0.1) is 5.92 Å². The number of methoxy groups -OCH3 is 1. The molecule has 0 amide bonds. The van der Waals surface area contributed by atoms with Crippen LogP contribution in [-0.4, -0.2) is 36.3 Å². The molecular weight excluding hydrogens is 332 g/mol. The van der Waals surface area contributed by atoms with Gasteiger partial charge in [0.25, 0.3) is 5.24 Å². The molecule has 1 heterocycles. The van der Waals surface area contributed by atoms with Crippen LogP contribution < -0.4 is 0 Å². The molecule has 0 saturated carbocycles. The van der Waals surface area contributed by atoms with Gasteiger partial charge in [-0.05, 0) is 30.7 Å². The number of halogens is 1. The number of benzene rings is 1. The highest BCUT2D eigenvalue weighted by Gasteiger charge is 2.52. The molecule has 4 atom stereocenters. The van der Waals surface area contributed by atoms with Crippen molar-refractivity contribution in [3.8, 4) is 0 Å². The molecule has 1 saturated heterocycles. The van der Waals surface area contributed by atoms with Crippen molar-refractivity contribution < 1.29 is 23.8 Å². The van der Waals surface area contributed by atoms with Crippen LogP contribution in [0.15, 0.2) is 42.5 Å². The van der Waals surface area contributed by atoms with Gasteiger partial charge >= 0.3 is 5.97 Å². The first-order valence-corrected chi connectivity index (χ1v) is 8.04. The first-order chi connectivity index (χ1) is 11.3. The monoisotopic (exact) mass is 352 g/mol. The van der Waals surface area contributed by atoms with Gasteiger partial charge in [-0.1, -0.05) is 37.3 Å². The van der Waals surface area contributed by atoms with Gasteiger partial charge in [-0.25, -0.2) is 4.79 Å². The van der Waals surface area contributed by atoms with E-state index in [1.54, 1.807) is 30.3 Å². The van der Waals surface area contributed by atoms with E-state index in [4.69, 9.17) is 25.8 Å². The van der Waals surface area contributed by atoms with Crippen molar-refractivity contribution in [3.05, 3.63) is 48.0 Å². The second kappa shape index (κ2) is 7.47. The third-order valence-corrected chi connectivity index (χ3v) is 4.59. The van der Waals surface area contributed by atoms with E-state index in [0.29, 0.717) is 5.56 Å². The number of carbonyl (C=O) groups excluding carboxylic acids is 2. The highest BCUT2D eigenvalue weighted by molar-refractivity contribution is 6.64. The number of carbonyl (C=O) groups is 2. The summed E-state index contributed by atoms with van der Waals surface area (Å²) >= 11 is 5.70. The van der Waals surface area contributed by atoms with Crippen LogP contribution >= 0.6 is 11.6 Å². The van der Waals surface area contributed by atoms with Crippen LogP contribution in [0.3, 0.4) is 0 Å². The van der Waals surface area contributed by atoms with Gasteiger partial charge in [-0.15, -0.1) is 0 Å². The van der Waals surface area contributed by atoms with Gasteiger partial charge in [0.15, 0.2) is 0 Å². The second-order valence-electron chi connectivity index (χ2n) is 5.92. The summed E-state index contributed by atoms with van der Waals surface area (Å²) in [6.45, 7) is 7.83. The van der Waals surface area contributed by atoms with Gasteiger partial charge in [0.1, 0.15) is 0 Å². The summed E-state index contributed by atoms with van der Waals surface area (Å²) < 4.78 is 16.7. The lowest BCUT2D eigenvalue weighted by Gasteiger charge is -2.45. The van der Waals surface area contributed by atoms with Gasteiger partial charge in [-0.2, -0.15) is 0 Å². The predicted octanol–water partition coefficient (Wildman–Crippen LogP) is 3.32. The van der Waals surface area contributed by atoms with Crippen LogP contribution in [0.2, 0.25) is 0 Å². The number of ether oxygens (including phenoxy) is 3. The number of hydrogen-bond donors (Lipinski definition) is 0. The maximum absolute atomic E-state index is 12.3. The number of hydrogen-bond acceptors (Lipinski definition) is 5. The smallest absolute Gasteiger partial charge is 0.339 e. The largest absolute Gasteiger partial charge is 0.443 e. The minimum Gasteiger partial charge on any atom is -0.443 e. The Hall–Kier alpha value is -1.69. The summed E-state index contributed by atoms with van der Waals surface area (Å²) in [5, 5.41) is -0.865. The van der Waals surface area contributed by atoms with Gasteiger partial charge in [0.2, 0.25) is 11.9 Å². The van der Waals surface area contributed by atoms with E-state index in [1.807, 2.05) is 13.8 Å². The molecule has 1 fully saturated rings. The first-order valence-electron chi connectivity index (χ1n) is 7.66. The van der Waals surface area contributed by atoms with Crippen molar-refractivity contribution in [2.45, 2.75) is 38.3 Å². The zero-order valence-electron chi connectivity index (χ0n) is 14.0. The van der Waals surface area contributed by atoms with Crippen LogP contribution in [0.1, 0.15) is 30.6 Å². The van der Waals surface area contributed by atoms with Crippen LogP contribution in [0.25, 0.3) is 0 Å². The summed E-state index contributed by atoms with van der Waals surface area (Å²) in [6, 6.07) is 8.34. The Labute approximate surface area is 146 Å². The molecular formula is C18H21ClO5. The summed E-state index contributed by atoms with van der Waals surface area (Å²) in [7, 11) is 1.39. The minimum atomic E-state index is -1.48. The Morgan fingerprint density at radius 1 is 1.33 bits per heavy atom. The molecule has 1 aliphatic rings. The molecule has 130 valence electrons. The topological polar surface area (TPSA) is 61.8 Å². The summed E-state index contributed by atoms with van der Waals surface area (Å²) in [5.41, 5.74) is 1.15. The van der Waals surface area contributed by atoms with Crippen molar-refractivity contribution in [2.24, 2.45) is 5.92 Å². The maximum atomic E-state index is 12.3. The molecule has 24 heavy (non-hydrogen) atoms. The van der Waals surface area contributed by atoms with Crippen molar-refractivity contribution >= 4 is 22.8 Å². The van der Waals surface area contributed by atoms with Crippen LogP contribution in [0.4, 0.5) is 0 Å². The summed E-state index contributed by atoms with van der Waals surface area (Å²) in [4.78, 5) is 24.3. The van der Waals surface area contributed by atoms with E-state index in [2.05, 4.69) is 6.58 Å². The zero-order chi connectivity index (χ0) is 17.9. The SMILES string of the molecule is C=C1C[C@@](OC)([C@H](OC(=O)c2ccccc2)C(=O)Cl)O[C@@H](C)[C@H]1C. The molecule has 1 aromatic rings. The fourth-order valence-electron chi connectivity index (χ4n) is 2.71. The molecule has 0 N–H and O–H groups in total. The average Bonchev–Trinajstić information content (AvgIpc) is 2.57. The Balaban J connectivity index is 2.29. The standard InChI is InChI=1S/C18H21ClO5/c1-11-10-18(22-4,24-13(3)12(11)2)15(16(19)20)23-17(21)14-8-6-5-7-9-14/h5-9,12-13,15H,1,10H2,2-4H3/t12-,13-,15+,18-/m0/s1. The van der Waals surface area contributed by atoms with Gasteiger partial charge in [0, 0.05) is 19.4 Å². The third kappa shape index (κ3) is 3.69. The van der Waals surface area contributed by atoms with E-state index in [9.17, 15) is 9.59 Å². The molecule has 0 radical (unpaired) electrons. The highest BCUT2D eigenvalue weighted by Crippen LogP contribution is 2.40. The summed E-state index contributed by atoms with van der Waals surface area (Å²) in [5.74, 6) is -2.07. The van der Waals surface area contributed by atoms with Gasteiger partial charge in [0.05, 0.1) is 11.7 Å². The van der Waals surface area contributed by atoms with Crippen LogP contribution in [0.5, 0.6) is 0 Å². The van der Waals surface area contributed by atoms with Crippen molar-refractivity contribution in [1.29, 1.82) is 0 Å². The van der Waals surface area contributed by atoms with E-state index >= 15 is 0 Å². The van der Waals surface area contributed by atoms with Crippen molar-refractivity contribution in [3.63, 3.8) is 0 Å². The quantitative estimate of drug-likeness (QED) is 0.462. The molecule has 1 aliphatic heterocycles. The normalized spacial score (nSPS) is 28.2. The molecule has 0 unspecified atom stereocenters. The molecule has 2 rings (SSSR count). The lowest BCUT2D eigenvalue weighted by atomic mass is 9.86. The van der Waals surface area contributed by atoms with Crippen molar-refractivity contribution in [2.75, 3.05) is 7.11 Å². The molecule has 0 bridgehead atoms. The Morgan fingerprint density at radius 2 is 1.96 bits per heavy atom. The Morgan fingerprint density at radius 3 is 2.46 bits per heavy atom. The molecule has 5 nitrogen and oxygen atoms in total. The fraction of sp³-hybridized carbons (Fsp3) is 0.444. The molecule has 0 aromatic heterocycles.